The van der Waals surface area contributed by atoms with E-state index in [9.17, 15) is 4.79 Å². The fourth-order valence-corrected chi connectivity index (χ4v) is 1.84. The number of benzene rings is 1. The van der Waals surface area contributed by atoms with Crippen LogP contribution in [0.3, 0.4) is 0 Å². The van der Waals surface area contributed by atoms with Crippen LogP contribution in [0.1, 0.15) is 21.7 Å². The molecule has 0 aliphatic rings. The largest absolute Gasteiger partial charge is 0.403 e. The number of amides is 1. The highest BCUT2D eigenvalue weighted by molar-refractivity contribution is 6.00. The Morgan fingerprint density at radius 1 is 1.19 bits per heavy atom. The van der Waals surface area contributed by atoms with E-state index in [1.54, 1.807) is 0 Å². The second-order valence-corrected chi connectivity index (χ2v) is 4.56. The van der Waals surface area contributed by atoms with E-state index in [-0.39, 0.29) is 11.8 Å². The second-order valence-electron chi connectivity index (χ2n) is 4.56. The van der Waals surface area contributed by atoms with E-state index in [1.807, 2.05) is 32.0 Å². The quantitative estimate of drug-likeness (QED) is 0.794. The molecule has 0 unspecified atom stereocenters. The normalized spacial score (nSPS) is 10.6. The summed E-state index contributed by atoms with van der Waals surface area (Å²) in [6.45, 7) is 3.93. The summed E-state index contributed by atoms with van der Waals surface area (Å²) in [6.07, 6.45) is 1.38. The SMILES string of the molecule is Cc1ccc(C)c(-c2nnc(NC(=O)c3ccno3)o2)c1. The predicted molar refractivity (Wildman–Crippen MR) is 73.7 cm³/mol. The van der Waals surface area contributed by atoms with Gasteiger partial charge in [-0.05, 0) is 25.5 Å². The number of carbonyl (C=O) groups is 1. The Labute approximate surface area is 120 Å². The molecular weight excluding hydrogens is 272 g/mol. The molecule has 0 saturated heterocycles. The fraction of sp³-hybridized carbons (Fsp3) is 0.143. The molecule has 7 heteroatoms. The minimum absolute atomic E-state index is 0.00676. The van der Waals surface area contributed by atoms with E-state index < -0.39 is 5.91 Å². The third-order valence-corrected chi connectivity index (χ3v) is 2.93. The van der Waals surface area contributed by atoms with E-state index in [0.29, 0.717) is 5.89 Å². The van der Waals surface area contributed by atoms with Crippen LogP contribution in [-0.4, -0.2) is 21.3 Å². The summed E-state index contributed by atoms with van der Waals surface area (Å²) in [5.41, 5.74) is 2.93. The van der Waals surface area contributed by atoms with Crippen molar-refractivity contribution in [3.05, 3.63) is 47.3 Å². The summed E-state index contributed by atoms with van der Waals surface area (Å²) in [5, 5.41) is 13.7. The molecule has 21 heavy (non-hydrogen) atoms. The van der Waals surface area contributed by atoms with Crippen molar-refractivity contribution >= 4 is 11.9 Å². The van der Waals surface area contributed by atoms with Crippen molar-refractivity contribution in [2.45, 2.75) is 13.8 Å². The number of aromatic nitrogens is 3. The van der Waals surface area contributed by atoms with Crippen LogP contribution in [0.5, 0.6) is 0 Å². The molecule has 0 aliphatic heterocycles. The zero-order chi connectivity index (χ0) is 14.8. The van der Waals surface area contributed by atoms with Crippen molar-refractivity contribution < 1.29 is 13.7 Å². The maximum atomic E-state index is 11.8. The Morgan fingerprint density at radius 3 is 2.81 bits per heavy atom. The molecule has 0 bridgehead atoms. The first-order valence-corrected chi connectivity index (χ1v) is 6.26. The van der Waals surface area contributed by atoms with Crippen molar-refractivity contribution in [3.8, 4) is 11.5 Å². The van der Waals surface area contributed by atoms with Crippen molar-refractivity contribution in [2.24, 2.45) is 0 Å². The van der Waals surface area contributed by atoms with E-state index in [4.69, 9.17) is 8.94 Å². The minimum Gasteiger partial charge on any atom is -0.403 e. The molecule has 1 N–H and O–H groups in total. The molecule has 0 spiro atoms. The van der Waals surface area contributed by atoms with E-state index >= 15 is 0 Å². The van der Waals surface area contributed by atoms with Gasteiger partial charge in [0.2, 0.25) is 11.7 Å². The molecular formula is C14H12N4O3. The van der Waals surface area contributed by atoms with Gasteiger partial charge >= 0.3 is 6.01 Å². The molecule has 0 saturated carbocycles. The number of hydrogen-bond donors (Lipinski definition) is 1. The van der Waals surface area contributed by atoms with Crippen molar-refractivity contribution in [1.82, 2.24) is 15.4 Å². The number of hydrogen-bond acceptors (Lipinski definition) is 6. The average molecular weight is 284 g/mol. The Bertz CT molecular complexity index is 777. The number of aryl methyl sites for hydroxylation is 2. The molecule has 0 aliphatic carbocycles. The summed E-state index contributed by atoms with van der Waals surface area (Å²) in [5.74, 6) is -0.0748. The van der Waals surface area contributed by atoms with Gasteiger partial charge in [-0.2, -0.15) is 0 Å². The first-order chi connectivity index (χ1) is 10.1. The molecule has 2 aromatic heterocycles. The van der Waals surface area contributed by atoms with Crippen LogP contribution in [-0.2, 0) is 0 Å². The summed E-state index contributed by atoms with van der Waals surface area (Å²) in [7, 11) is 0. The third-order valence-electron chi connectivity index (χ3n) is 2.93. The van der Waals surface area contributed by atoms with Crippen LogP contribution < -0.4 is 5.32 Å². The maximum Gasteiger partial charge on any atom is 0.322 e. The minimum atomic E-state index is -0.497. The Hall–Kier alpha value is -2.96. The zero-order valence-electron chi connectivity index (χ0n) is 11.5. The number of nitrogens with one attached hydrogen (secondary N) is 1. The number of nitrogens with zero attached hydrogens (tertiary/aromatic N) is 3. The predicted octanol–water partition coefficient (Wildman–Crippen LogP) is 2.59. The molecule has 0 atom stereocenters. The number of anilines is 1. The highest BCUT2D eigenvalue weighted by Crippen LogP contribution is 2.24. The molecule has 2 heterocycles. The van der Waals surface area contributed by atoms with Crippen LogP contribution in [0.2, 0.25) is 0 Å². The Kier molecular flexibility index (Phi) is 3.23. The topological polar surface area (TPSA) is 94.1 Å². The standard InChI is InChI=1S/C14H12N4O3/c1-8-3-4-9(2)10(7-8)13-17-18-14(20-13)16-12(19)11-5-6-15-21-11/h3-7H,1-2H3,(H,16,18,19). The lowest BCUT2D eigenvalue weighted by Crippen LogP contribution is -2.11. The molecule has 106 valence electrons. The molecule has 1 aromatic carbocycles. The lowest BCUT2D eigenvalue weighted by atomic mass is 10.1. The molecule has 3 rings (SSSR count). The van der Waals surface area contributed by atoms with Gasteiger partial charge in [-0.15, -0.1) is 5.10 Å². The second kappa shape index (κ2) is 5.20. The van der Waals surface area contributed by atoms with Gasteiger partial charge in [0.15, 0.2) is 0 Å². The van der Waals surface area contributed by atoms with Gasteiger partial charge in [0.25, 0.3) is 5.91 Å². The highest BCUT2D eigenvalue weighted by Gasteiger charge is 2.16. The van der Waals surface area contributed by atoms with Crippen LogP contribution in [0.15, 0.2) is 39.4 Å². The van der Waals surface area contributed by atoms with Crippen LogP contribution in [0.4, 0.5) is 6.01 Å². The first kappa shape index (κ1) is 13.0. The van der Waals surface area contributed by atoms with Crippen LogP contribution in [0, 0.1) is 13.8 Å². The van der Waals surface area contributed by atoms with Gasteiger partial charge in [0.05, 0.1) is 6.20 Å². The van der Waals surface area contributed by atoms with Gasteiger partial charge in [-0.1, -0.05) is 28.0 Å². The monoisotopic (exact) mass is 284 g/mol. The average Bonchev–Trinajstić information content (AvgIpc) is 3.12. The van der Waals surface area contributed by atoms with Crippen molar-refractivity contribution in [3.63, 3.8) is 0 Å². The van der Waals surface area contributed by atoms with E-state index in [1.165, 1.54) is 12.3 Å². The Balaban J connectivity index is 1.83. The number of rotatable bonds is 3. The van der Waals surface area contributed by atoms with Gasteiger partial charge in [0, 0.05) is 11.6 Å². The fourth-order valence-electron chi connectivity index (χ4n) is 1.84. The summed E-state index contributed by atoms with van der Waals surface area (Å²) >= 11 is 0. The smallest absolute Gasteiger partial charge is 0.322 e. The van der Waals surface area contributed by atoms with Crippen LogP contribution >= 0.6 is 0 Å². The van der Waals surface area contributed by atoms with E-state index in [2.05, 4.69) is 20.7 Å². The molecule has 3 aromatic rings. The van der Waals surface area contributed by atoms with Gasteiger partial charge in [-0.25, -0.2) is 0 Å². The third kappa shape index (κ3) is 2.66. The summed E-state index contributed by atoms with van der Waals surface area (Å²) in [6, 6.07) is 7.37. The van der Waals surface area contributed by atoms with Crippen molar-refractivity contribution in [2.75, 3.05) is 5.32 Å². The Morgan fingerprint density at radius 2 is 2.05 bits per heavy atom. The molecule has 0 radical (unpaired) electrons. The van der Waals surface area contributed by atoms with E-state index in [0.717, 1.165) is 16.7 Å². The summed E-state index contributed by atoms with van der Waals surface area (Å²) < 4.78 is 10.2. The van der Waals surface area contributed by atoms with Gasteiger partial charge in [-0.3, -0.25) is 10.1 Å². The molecule has 0 fully saturated rings. The zero-order valence-corrected chi connectivity index (χ0v) is 11.5. The lowest BCUT2D eigenvalue weighted by molar-refractivity contribution is 0.0985. The lowest BCUT2D eigenvalue weighted by Gasteiger charge is -2.01. The highest BCUT2D eigenvalue weighted by atomic mass is 16.5. The number of carbonyl (C=O) groups excluding carboxylic acids is 1. The van der Waals surface area contributed by atoms with Gasteiger partial charge < -0.3 is 8.94 Å². The summed E-state index contributed by atoms with van der Waals surface area (Å²) in [4.78, 5) is 11.8. The maximum absolute atomic E-state index is 11.8. The van der Waals surface area contributed by atoms with Crippen LogP contribution in [0.25, 0.3) is 11.5 Å². The van der Waals surface area contributed by atoms with Gasteiger partial charge in [0.1, 0.15) is 0 Å². The van der Waals surface area contributed by atoms with Crippen molar-refractivity contribution in [1.29, 1.82) is 0 Å². The molecule has 7 nitrogen and oxygen atoms in total. The molecule has 1 amide bonds. The first-order valence-electron chi connectivity index (χ1n) is 6.26.